The van der Waals surface area contributed by atoms with Crippen LogP contribution in [-0.4, -0.2) is 78.3 Å². The minimum Gasteiger partial charge on any atom is -0.377 e. The van der Waals surface area contributed by atoms with E-state index < -0.39 is 0 Å². The van der Waals surface area contributed by atoms with Crippen molar-refractivity contribution in [2.45, 2.75) is 37.4 Å². The maximum Gasteiger partial charge on any atom is 0.272 e. The summed E-state index contributed by atoms with van der Waals surface area (Å²) in [4.78, 5) is 21.4. The van der Waals surface area contributed by atoms with Gasteiger partial charge in [-0.1, -0.05) is 6.07 Å². The molecule has 2 atom stereocenters. The Morgan fingerprint density at radius 3 is 2.96 bits per heavy atom. The number of amides is 1. The van der Waals surface area contributed by atoms with E-state index in [0.717, 1.165) is 19.4 Å². The number of pyridine rings is 1. The lowest BCUT2D eigenvalue weighted by atomic mass is 10.00. The van der Waals surface area contributed by atoms with Crippen molar-refractivity contribution in [1.82, 2.24) is 14.8 Å². The molecule has 1 aromatic heterocycles. The first-order valence-corrected chi connectivity index (χ1v) is 9.42. The van der Waals surface area contributed by atoms with Gasteiger partial charge >= 0.3 is 0 Å². The average molecular weight is 345 g/mol. The van der Waals surface area contributed by atoms with Gasteiger partial charge in [0.2, 0.25) is 0 Å². The third-order valence-corrected chi connectivity index (χ3v) is 5.52. The number of carbonyl (C=O) groups is 1. The summed E-state index contributed by atoms with van der Waals surface area (Å²) in [7, 11) is 0. The fraction of sp³-hybridized carbons (Fsp3) is 0.684. The molecule has 6 heteroatoms. The van der Waals surface area contributed by atoms with Crippen LogP contribution in [0.4, 0.5) is 0 Å². The Hall–Kier alpha value is -1.50. The van der Waals surface area contributed by atoms with Gasteiger partial charge in [-0.25, -0.2) is 0 Å². The van der Waals surface area contributed by atoms with Gasteiger partial charge in [-0.15, -0.1) is 0 Å². The molecule has 4 rings (SSSR count). The number of aromatic nitrogens is 1. The number of hydrogen-bond acceptors (Lipinski definition) is 5. The second kappa shape index (κ2) is 7.40. The van der Waals surface area contributed by atoms with Crippen molar-refractivity contribution in [2.75, 3.05) is 45.9 Å². The summed E-state index contributed by atoms with van der Waals surface area (Å²) in [6, 6.07) is 5.45. The fourth-order valence-electron chi connectivity index (χ4n) is 4.23. The molecule has 1 spiro atoms. The van der Waals surface area contributed by atoms with E-state index in [9.17, 15) is 4.79 Å². The van der Waals surface area contributed by atoms with Crippen molar-refractivity contribution in [3.63, 3.8) is 0 Å². The van der Waals surface area contributed by atoms with Gasteiger partial charge in [0.15, 0.2) is 0 Å². The van der Waals surface area contributed by atoms with Gasteiger partial charge in [0.05, 0.1) is 25.9 Å². The van der Waals surface area contributed by atoms with Crippen LogP contribution in [0, 0.1) is 0 Å². The van der Waals surface area contributed by atoms with E-state index in [0.29, 0.717) is 32.0 Å². The van der Waals surface area contributed by atoms with Crippen molar-refractivity contribution in [2.24, 2.45) is 0 Å². The van der Waals surface area contributed by atoms with Crippen LogP contribution in [0.25, 0.3) is 0 Å². The zero-order chi connectivity index (χ0) is 17.1. The van der Waals surface area contributed by atoms with Crippen LogP contribution in [0.5, 0.6) is 0 Å². The molecule has 3 saturated heterocycles. The number of ether oxygens (including phenoxy) is 2. The van der Waals surface area contributed by atoms with Gasteiger partial charge in [-0.3, -0.25) is 9.78 Å². The number of likely N-dealkylation sites (tertiary alicyclic amines) is 1. The molecule has 0 N–H and O–H groups in total. The summed E-state index contributed by atoms with van der Waals surface area (Å²) in [5, 5.41) is 0. The largest absolute Gasteiger partial charge is 0.377 e. The minimum absolute atomic E-state index is 0.0305. The molecule has 6 nitrogen and oxygen atoms in total. The second-order valence-electron chi connectivity index (χ2n) is 7.46. The first kappa shape index (κ1) is 16.9. The number of carbonyl (C=O) groups excluding carboxylic acids is 1. The van der Waals surface area contributed by atoms with E-state index in [1.165, 1.54) is 25.9 Å². The molecule has 0 saturated carbocycles. The Bertz CT molecular complexity index is 591. The molecule has 0 aliphatic carbocycles. The van der Waals surface area contributed by atoms with Crippen LogP contribution in [0.15, 0.2) is 24.4 Å². The second-order valence-corrected chi connectivity index (χ2v) is 7.46. The SMILES string of the molecule is O=C(c1ccccn1)N1CCOC[C@]2(CC[C@@H](CN3CCCC3)O2)C1. The van der Waals surface area contributed by atoms with Crippen LogP contribution in [0.3, 0.4) is 0 Å². The van der Waals surface area contributed by atoms with E-state index in [1.807, 2.05) is 17.0 Å². The Morgan fingerprint density at radius 2 is 2.16 bits per heavy atom. The topological polar surface area (TPSA) is 54.9 Å². The molecular weight excluding hydrogens is 318 g/mol. The highest BCUT2D eigenvalue weighted by atomic mass is 16.6. The van der Waals surface area contributed by atoms with Crippen molar-refractivity contribution in [1.29, 1.82) is 0 Å². The smallest absolute Gasteiger partial charge is 0.272 e. The summed E-state index contributed by atoms with van der Waals surface area (Å²) in [5.41, 5.74) is 0.136. The van der Waals surface area contributed by atoms with Gasteiger partial charge < -0.3 is 19.3 Å². The lowest BCUT2D eigenvalue weighted by molar-refractivity contribution is -0.0890. The summed E-state index contributed by atoms with van der Waals surface area (Å²) < 4.78 is 12.3. The van der Waals surface area contributed by atoms with E-state index in [2.05, 4.69) is 9.88 Å². The highest BCUT2D eigenvalue weighted by Gasteiger charge is 2.44. The highest BCUT2D eigenvalue weighted by Crippen LogP contribution is 2.34. The molecule has 1 amide bonds. The molecule has 0 radical (unpaired) electrons. The molecule has 1 aromatic rings. The van der Waals surface area contributed by atoms with Crippen molar-refractivity contribution in [3.8, 4) is 0 Å². The standard InChI is InChI=1S/C19H27N3O3/c23-18(17-5-1-2-8-20-17)22-11-12-24-15-19(14-22)7-6-16(25-19)13-21-9-3-4-10-21/h1-2,5,8,16H,3-4,6-7,9-15H2/t16-,19-/m0/s1. The minimum atomic E-state index is -0.356. The van der Waals surface area contributed by atoms with Crippen LogP contribution >= 0.6 is 0 Å². The Morgan fingerprint density at radius 1 is 1.28 bits per heavy atom. The summed E-state index contributed by atoms with van der Waals surface area (Å²) >= 11 is 0. The van der Waals surface area contributed by atoms with Gasteiger partial charge in [-0.05, 0) is 50.9 Å². The lowest BCUT2D eigenvalue weighted by Gasteiger charge is -2.32. The van der Waals surface area contributed by atoms with Crippen molar-refractivity contribution < 1.29 is 14.3 Å². The molecule has 3 aliphatic rings. The Labute approximate surface area is 149 Å². The first-order chi connectivity index (χ1) is 12.2. The predicted octanol–water partition coefficient (Wildman–Crippen LogP) is 1.57. The molecule has 0 aromatic carbocycles. The van der Waals surface area contributed by atoms with E-state index in [1.54, 1.807) is 12.3 Å². The zero-order valence-electron chi connectivity index (χ0n) is 14.7. The lowest BCUT2D eigenvalue weighted by Crippen LogP contribution is -2.47. The van der Waals surface area contributed by atoms with Crippen molar-refractivity contribution in [3.05, 3.63) is 30.1 Å². The third kappa shape index (κ3) is 3.86. The van der Waals surface area contributed by atoms with Gasteiger partial charge in [0.25, 0.3) is 5.91 Å². The number of nitrogens with zero attached hydrogens (tertiary/aromatic N) is 3. The summed E-state index contributed by atoms with van der Waals surface area (Å²) in [5.74, 6) is -0.0305. The zero-order valence-corrected chi connectivity index (χ0v) is 14.7. The van der Waals surface area contributed by atoms with E-state index in [-0.39, 0.29) is 17.6 Å². The van der Waals surface area contributed by atoms with Crippen LogP contribution in [0.2, 0.25) is 0 Å². The Kier molecular flexibility index (Phi) is 5.01. The average Bonchev–Trinajstić information content (AvgIpc) is 3.23. The molecule has 25 heavy (non-hydrogen) atoms. The normalized spacial score (nSPS) is 30.7. The fourth-order valence-corrected chi connectivity index (χ4v) is 4.23. The maximum absolute atomic E-state index is 12.8. The molecular formula is C19H27N3O3. The highest BCUT2D eigenvalue weighted by molar-refractivity contribution is 5.92. The van der Waals surface area contributed by atoms with Gasteiger partial charge in [-0.2, -0.15) is 0 Å². The molecule has 0 unspecified atom stereocenters. The van der Waals surface area contributed by atoms with E-state index >= 15 is 0 Å². The van der Waals surface area contributed by atoms with Crippen LogP contribution in [0.1, 0.15) is 36.2 Å². The van der Waals surface area contributed by atoms with E-state index in [4.69, 9.17) is 9.47 Å². The summed E-state index contributed by atoms with van der Waals surface area (Å²) in [6.07, 6.45) is 6.52. The number of hydrogen-bond donors (Lipinski definition) is 0. The molecule has 3 fully saturated rings. The molecule has 3 aliphatic heterocycles. The molecule has 0 bridgehead atoms. The maximum atomic E-state index is 12.8. The van der Waals surface area contributed by atoms with Crippen molar-refractivity contribution >= 4 is 5.91 Å². The van der Waals surface area contributed by atoms with Crippen LogP contribution in [-0.2, 0) is 9.47 Å². The first-order valence-electron chi connectivity index (χ1n) is 9.42. The monoisotopic (exact) mass is 345 g/mol. The third-order valence-electron chi connectivity index (χ3n) is 5.52. The Balaban J connectivity index is 1.42. The quantitative estimate of drug-likeness (QED) is 0.832. The van der Waals surface area contributed by atoms with Gasteiger partial charge in [0.1, 0.15) is 11.3 Å². The van der Waals surface area contributed by atoms with Gasteiger partial charge in [0, 0.05) is 19.3 Å². The predicted molar refractivity (Wildman–Crippen MR) is 93.5 cm³/mol. The van der Waals surface area contributed by atoms with Crippen LogP contribution < -0.4 is 0 Å². The summed E-state index contributed by atoms with van der Waals surface area (Å²) in [6.45, 7) is 5.71. The number of rotatable bonds is 3. The molecule has 4 heterocycles. The molecule has 136 valence electrons.